The molecule has 1 heterocycles. The third kappa shape index (κ3) is 6.07. The summed E-state index contributed by atoms with van der Waals surface area (Å²) in [6.07, 6.45) is 0.360. The molecule has 0 bridgehead atoms. The molecule has 0 spiro atoms. The number of aliphatic hydroxyl groups is 1. The number of nitrogens with one attached hydrogen (secondary N) is 1. The third-order valence-electron chi connectivity index (χ3n) is 3.58. The molecule has 1 aromatic carbocycles. The van der Waals surface area contributed by atoms with Crippen molar-refractivity contribution in [3.8, 4) is 5.75 Å². The molecule has 142 valence electrons. The Morgan fingerprint density at radius 2 is 2.00 bits per heavy atom. The van der Waals surface area contributed by atoms with E-state index in [9.17, 15) is 4.79 Å². The molecule has 2 N–H and O–H groups in total. The zero-order chi connectivity index (χ0) is 19.2. The van der Waals surface area contributed by atoms with E-state index in [1.807, 2.05) is 24.3 Å². The Bertz CT molecular complexity index is 703. The molecular formula is C19H26N2O5. The lowest BCUT2D eigenvalue weighted by molar-refractivity contribution is 0.0495. The van der Waals surface area contributed by atoms with Crippen LogP contribution < -0.4 is 10.1 Å². The van der Waals surface area contributed by atoms with Gasteiger partial charge in [-0.25, -0.2) is 4.79 Å². The Hall–Kier alpha value is -2.54. The van der Waals surface area contributed by atoms with Crippen LogP contribution in [0.15, 0.2) is 34.9 Å². The number of aromatic nitrogens is 1. The Morgan fingerprint density at radius 3 is 2.58 bits per heavy atom. The molecule has 1 unspecified atom stereocenters. The minimum atomic E-state index is -0.599. The largest absolute Gasteiger partial charge is 0.497 e. The minimum absolute atomic E-state index is 0.0192. The fraction of sp³-hybridized carbons (Fsp3) is 0.474. The van der Waals surface area contributed by atoms with Gasteiger partial charge in [-0.05, 0) is 38.5 Å². The van der Waals surface area contributed by atoms with Gasteiger partial charge in [-0.15, -0.1) is 0 Å². The highest BCUT2D eigenvalue weighted by Crippen LogP contribution is 2.22. The molecule has 1 aromatic heterocycles. The van der Waals surface area contributed by atoms with Crippen molar-refractivity contribution in [3.05, 3.63) is 47.3 Å². The summed E-state index contributed by atoms with van der Waals surface area (Å²) < 4.78 is 15.9. The molecule has 2 aromatic rings. The summed E-state index contributed by atoms with van der Waals surface area (Å²) in [6.45, 7) is 5.39. The van der Waals surface area contributed by atoms with Gasteiger partial charge in [0.15, 0.2) is 5.76 Å². The van der Waals surface area contributed by atoms with Crippen molar-refractivity contribution >= 4 is 6.09 Å². The maximum absolute atomic E-state index is 12.2. The van der Waals surface area contributed by atoms with E-state index >= 15 is 0 Å². The van der Waals surface area contributed by atoms with Crippen LogP contribution in [-0.2, 0) is 17.6 Å². The van der Waals surface area contributed by atoms with Gasteiger partial charge in [0.1, 0.15) is 11.4 Å². The van der Waals surface area contributed by atoms with Crippen LogP contribution in [-0.4, -0.2) is 35.7 Å². The summed E-state index contributed by atoms with van der Waals surface area (Å²) in [5.74, 6) is 1.27. The number of nitrogens with zero attached hydrogens (tertiary/aromatic N) is 1. The third-order valence-corrected chi connectivity index (χ3v) is 3.58. The van der Waals surface area contributed by atoms with Crippen LogP contribution in [0.2, 0.25) is 0 Å². The van der Waals surface area contributed by atoms with E-state index in [-0.39, 0.29) is 6.61 Å². The van der Waals surface area contributed by atoms with Crippen molar-refractivity contribution in [2.24, 2.45) is 0 Å². The van der Waals surface area contributed by atoms with Gasteiger partial charge in [0.05, 0.1) is 18.8 Å². The van der Waals surface area contributed by atoms with E-state index in [1.54, 1.807) is 33.9 Å². The van der Waals surface area contributed by atoms with Crippen LogP contribution in [0.4, 0.5) is 4.79 Å². The second kappa shape index (κ2) is 8.71. The van der Waals surface area contributed by atoms with Crippen molar-refractivity contribution in [2.45, 2.75) is 45.3 Å². The van der Waals surface area contributed by atoms with Gasteiger partial charge in [-0.2, -0.15) is 0 Å². The maximum Gasteiger partial charge on any atom is 0.408 e. The van der Waals surface area contributed by atoms with E-state index < -0.39 is 17.7 Å². The quantitative estimate of drug-likeness (QED) is 0.786. The molecule has 0 fully saturated rings. The molecule has 1 atom stereocenters. The van der Waals surface area contributed by atoms with Crippen molar-refractivity contribution in [1.29, 1.82) is 0 Å². The van der Waals surface area contributed by atoms with E-state index in [0.717, 1.165) is 11.3 Å². The number of carbonyl (C=O) groups is 1. The first-order valence-corrected chi connectivity index (χ1v) is 8.49. The Kier molecular flexibility index (Phi) is 6.63. The molecule has 7 nitrogen and oxygen atoms in total. The van der Waals surface area contributed by atoms with Gasteiger partial charge in [0.25, 0.3) is 0 Å². The average molecular weight is 362 g/mol. The molecule has 0 aliphatic carbocycles. The normalized spacial score (nSPS) is 12.5. The topological polar surface area (TPSA) is 93.8 Å². The molecule has 2 rings (SSSR count). The minimum Gasteiger partial charge on any atom is -0.497 e. The molecular weight excluding hydrogens is 336 g/mol. The molecule has 0 aliphatic rings. The summed E-state index contributed by atoms with van der Waals surface area (Å²) in [5, 5.41) is 15.8. The number of ether oxygens (including phenoxy) is 2. The van der Waals surface area contributed by atoms with Gasteiger partial charge in [-0.1, -0.05) is 17.3 Å². The van der Waals surface area contributed by atoms with Gasteiger partial charge < -0.3 is 24.4 Å². The van der Waals surface area contributed by atoms with Crippen LogP contribution >= 0.6 is 0 Å². The number of benzene rings is 1. The number of aliphatic hydroxyl groups excluding tert-OH is 1. The maximum atomic E-state index is 12.2. The molecule has 0 radical (unpaired) electrons. The monoisotopic (exact) mass is 362 g/mol. The van der Waals surface area contributed by atoms with Crippen LogP contribution in [0.5, 0.6) is 5.75 Å². The van der Waals surface area contributed by atoms with E-state index in [0.29, 0.717) is 24.3 Å². The van der Waals surface area contributed by atoms with Crippen LogP contribution in [0.1, 0.15) is 43.8 Å². The number of rotatable bonds is 7. The average Bonchev–Trinajstić information content (AvgIpc) is 3.02. The van der Waals surface area contributed by atoms with Crippen molar-refractivity contribution < 1.29 is 23.9 Å². The molecule has 1 amide bonds. The second-order valence-corrected chi connectivity index (χ2v) is 6.95. The number of alkyl carbamates (subject to hydrolysis) is 1. The number of carbonyl (C=O) groups excluding carboxylic acids is 1. The first-order valence-electron chi connectivity index (χ1n) is 8.49. The summed E-state index contributed by atoms with van der Waals surface area (Å²) >= 11 is 0. The van der Waals surface area contributed by atoms with Gasteiger partial charge in [0, 0.05) is 25.5 Å². The van der Waals surface area contributed by atoms with Gasteiger partial charge >= 0.3 is 6.09 Å². The van der Waals surface area contributed by atoms with E-state index in [2.05, 4.69) is 10.5 Å². The highest BCUT2D eigenvalue weighted by atomic mass is 16.6. The Balaban J connectivity index is 2.17. The lowest BCUT2D eigenvalue weighted by Crippen LogP contribution is -2.35. The Morgan fingerprint density at radius 1 is 1.31 bits per heavy atom. The Labute approximate surface area is 153 Å². The van der Waals surface area contributed by atoms with Crippen LogP contribution in [0, 0.1) is 0 Å². The fourth-order valence-corrected chi connectivity index (χ4v) is 2.39. The van der Waals surface area contributed by atoms with Crippen molar-refractivity contribution in [3.63, 3.8) is 0 Å². The molecule has 7 heteroatoms. The highest BCUT2D eigenvalue weighted by Gasteiger charge is 2.24. The number of methoxy groups -OCH3 is 1. The lowest BCUT2D eigenvalue weighted by Gasteiger charge is -2.22. The first kappa shape index (κ1) is 19.8. The van der Waals surface area contributed by atoms with Crippen LogP contribution in [0.3, 0.4) is 0 Å². The second-order valence-electron chi connectivity index (χ2n) is 6.95. The zero-order valence-electron chi connectivity index (χ0n) is 15.6. The molecule has 26 heavy (non-hydrogen) atoms. The summed E-state index contributed by atoms with van der Waals surface area (Å²) in [5.41, 5.74) is 1.03. The van der Waals surface area contributed by atoms with Gasteiger partial charge in [0.2, 0.25) is 0 Å². The van der Waals surface area contributed by atoms with Gasteiger partial charge in [-0.3, -0.25) is 0 Å². The summed E-state index contributed by atoms with van der Waals surface area (Å²) in [6, 6.07) is 8.86. The highest BCUT2D eigenvalue weighted by molar-refractivity contribution is 5.68. The first-order chi connectivity index (χ1) is 12.3. The number of hydrogen-bond donors (Lipinski definition) is 2. The fourth-order valence-electron chi connectivity index (χ4n) is 2.39. The predicted molar refractivity (Wildman–Crippen MR) is 96.1 cm³/mol. The van der Waals surface area contributed by atoms with Crippen molar-refractivity contribution in [2.75, 3.05) is 13.7 Å². The predicted octanol–water partition coefficient (Wildman–Crippen LogP) is 3.03. The molecule has 0 saturated carbocycles. The van der Waals surface area contributed by atoms with Crippen LogP contribution in [0.25, 0.3) is 0 Å². The number of hydrogen-bond acceptors (Lipinski definition) is 6. The number of amides is 1. The van der Waals surface area contributed by atoms with Crippen molar-refractivity contribution in [1.82, 2.24) is 10.5 Å². The van der Waals surface area contributed by atoms with E-state index in [1.165, 1.54) is 0 Å². The molecule has 0 aliphatic heterocycles. The SMILES string of the molecule is COc1ccc(CC(NC(=O)OC(C)(C)C)c2cc(CCO)no2)cc1. The summed E-state index contributed by atoms with van der Waals surface area (Å²) in [7, 11) is 1.61. The molecule has 0 saturated heterocycles. The zero-order valence-corrected chi connectivity index (χ0v) is 15.6. The smallest absolute Gasteiger partial charge is 0.408 e. The summed E-state index contributed by atoms with van der Waals surface area (Å²) in [4.78, 5) is 12.2. The van der Waals surface area contributed by atoms with E-state index in [4.69, 9.17) is 19.1 Å². The standard InChI is InChI=1S/C19H26N2O5/c1-19(2,3)25-18(23)20-16(17-12-14(9-10-22)21-26-17)11-13-5-7-15(24-4)8-6-13/h5-8,12,16,22H,9-11H2,1-4H3,(H,20,23). The lowest BCUT2D eigenvalue weighted by atomic mass is 10.0.